The van der Waals surface area contributed by atoms with Gasteiger partial charge in [0.15, 0.2) is 0 Å². The van der Waals surface area contributed by atoms with Crippen LogP contribution in [0.1, 0.15) is 25.5 Å². The molecule has 4 rings (SSSR count). The molecule has 1 aromatic carbocycles. The molecule has 1 aromatic heterocycles. The van der Waals surface area contributed by atoms with Gasteiger partial charge in [0.05, 0.1) is 17.7 Å². The Balaban J connectivity index is 1.56. The second kappa shape index (κ2) is 6.74. The van der Waals surface area contributed by atoms with Crippen molar-refractivity contribution in [2.75, 3.05) is 0 Å². The van der Waals surface area contributed by atoms with Crippen molar-refractivity contribution in [3.63, 3.8) is 0 Å². The number of carbonyl (C=O) groups excluding carboxylic acids is 1. The Hall–Kier alpha value is -1.79. The number of hydrogen-bond acceptors (Lipinski definition) is 2. The van der Waals surface area contributed by atoms with Crippen LogP contribution in [0.15, 0.2) is 62.8 Å². The maximum atomic E-state index is 12.9. The van der Waals surface area contributed by atoms with Gasteiger partial charge in [0, 0.05) is 32.3 Å². The smallest absolute Gasteiger partial charge is 0.253 e. The van der Waals surface area contributed by atoms with Gasteiger partial charge >= 0.3 is 0 Å². The predicted molar refractivity (Wildman–Crippen MR) is 112 cm³/mol. The van der Waals surface area contributed by atoms with Gasteiger partial charge in [-0.25, -0.2) is 0 Å². The molecular formula is C20H19Br2N3O. The lowest BCUT2D eigenvalue weighted by molar-refractivity contribution is -0.117. The van der Waals surface area contributed by atoms with E-state index >= 15 is 0 Å². The van der Waals surface area contributed by atoms with Crippen LogP contribution in [0.3, 0.4) is 0 Å². The van der Waals surface area contributed by atoms with E-state index in [9.17, 15) is 4.79 Å². The van der Waals surface area contributed by atoms with E-state index in [0.717, 1.165) is 31.0 Å². The van der Waals surface area contributed by atoms with Crippen LogP contribution in [-0.2, 0) is 4.79 Å². The Morgan fingerprint density at radius 1 is 1.31 bits per heavy atom. The maximum absolute atomic E-state index is 12.9. The van der Waals surface area contributed by atoms with Gasteiger partial charge in [-0.2, -0.15) is 0 Å². The van der Waals surface area contributed by atoms with E-state index in [0.29, 0.717) is 11.5 Å². The molecule has 0 saturated heterocycles. The van der Waals surface area contributed by atoms with Gasteiger partial charge in [-0.3, -0.25) is 4.79 Å². The fourth-order valence-electron chi connectivity index (χ4n) is 3.68. The van der Waals surface area contributed by atoms with Crippen LogP contribution < -0.4 is 10.6 Å². The lowest BCUT2D eigenvalue weighted by atomic mass is 9.88. The van der Waals surface area contributed by atoms with Crippen LogP contribution in [0, 0.1) is 5.92 Å². The summed E-state index contributed by atoms with van der Waals surface area (Å²) in [6, 6.07) is 6.17. The van der Waals surface area contributed by atoms with Crippen molar-refractivity contribution < 1.29 is 4.79 Å². The summed E-state index contributed by atoms with van der Waals surface area (Å²) in [5.74, 6) is 0.270. The molecule has 134 valence electrons. The first kappa shape index (κ1) is 17.6. The number of allylic oxidation sites excluding steroid dienone is 2. The number of carbonyl (C=O) groups is 1. The Bertz CT molecular complexity index is 986. The molecular weight excluding hydrogens is 458 g/mol. The zero-order valence-electron chi connectivity index (χ0n) is 14.4. The number of fused-ring (bicyclic) bond motifs is 2. The minimum Gasteiger partial charge on any atom is -0.383 e. The van der Waals surface area contributed by atoms with E-state index in [1.165, 1.54) is 0 Å². The van der Waals surface area contributed by atoms with Crippen LogP contribution in [0.25, 0.3) is 10.9 Å². The second-order valence-corrected chi connectivity index (χ2v) is 8.67. The number of hydrogen-bond donors (Lipinski definition) is 3. The molecule has 0 bridgehead atoms. The zero-order chi connectivity index (χ0) is 18.4. The summed E-state index contributed by atoms with van der Waals surface area (Å²) in [5.41, 5.74) is 3.88. The molecule has 0 fully saturated rings. The molecule has 0 spiro atoms. The molecule has 1 amide bonds. The van der Waals surface area contributed by atoms with Crippen molar-refractivity contribution in [1.29, 1.82) is 0 Å². The number of amides is 1. The highest BCUT2D eigenvalue weighted by molar-refractivity contribution is 9.12. The molecule has 26 heavy (non-hydrogen) atoms. The highest BCUT2D eigenvalue weighted by Gasteiger charge is 2.33. The van der Waals surface area contributed by atoms with Gasteiger partial charge in [0.2, 0.25) is 0 Å². The fraction of sp³-hybridized carbons (Fsp3) is 0.250. The third-order valence-electron chi connectivity index (χ3n) is 5.03. The average Bonchev–Trinajstić information content (AvgIpc) is 3.18. The first-order valence-electron chi connectivity index (χ1n) is 8.57. The van der Waals surface area contributed by atoms with Crippen molar-refractivity contribution in [3.05, 3.63) is 68.4 Å². The molecule has 0 saturated carbocycles. The molecule has 0 radical (unpaired) electrons. The molecule has 1 aliphatic carbocycles. The summed E-state index contributed by atoms with van der Waals surface area (Å²) in [6.45, 7) is 4.16. The number of aromatic amines is 1. The lowest BCUT2D eigenvalue weighted by Gasteiger charge is -2.24. The number of halogens is 2. The van der Waals surface area contributed by atoms with E-state index in [2.05, 4.69) is 66.5 Å². The van der Waals surface area contributed by atoms with E-state index in [1.807, 2.05) is 37.5 Å². The molecule has 3 atom stereocenters. The molecule has 3 N–H and O–H groups in total. The van der Waals surface area contributed by atoms with Gasteiger partial charge < -0.3 is 15.6 Å². The van der Waals surface area contributed by atoms with Crippen molar-refractivity contribution in [1.82, 2.24) is 15.6 Å². The van der Waals surface area contributed by atoms with E-state index in [-0.39, 0.29) is 18.0 Å². The normalized spacial score (nSPS) is 22.8. The minimum absolute atomic E-state index is 0.0579. The van der Waals surface area contributed by atoms with Crippen LogP contribution in [0.4, 0.5) is 0 Å². The zero-order valence-corrected chi connectivity index (χ0v) is 17.6. The SMILES string of the molecule is CC(NC(=O)C1=CNC2C1=CC(Br)=CC2C)c1c[nH]c2ccc(Br)cc12. The molecule has 6 heteroatoms. The Kier molecular flexibility index (Phi) is 4.57. The minimum atomic E-state index is -0.105. The number of nitrogens with one attached hydrogen (secondary N) is 3. The summed E-state index contributed by atoms with van der Waals surface area (Å²) >= 11 is 7.07. The quantitative estimate of drug-likeness (QED) is 0.594. The van der Waals surface area contributed by atoms with Gasteiger partial charge in [0.25, 0.3) is 5.91 Å². The molecule has 4 nitrogen and oxygen atoms in total. The van der Waals surface area contributed by atoms with Gasteiger partial charge in [-0.1, -0.05) is 44.9 Å². The average molecular weight is 477 g/mol. The van der Waals surface area contributed by atoms with Crippen molar-refractivity contribution in [3.8, 4) is 0 Å². The number of aromatic nitrogens is 1. The maximum Gasteiger partial charge on any atom is 0.253 e. The molecule has 1 aliphatic heterocycles. The van der Waals surface area contributed by atoms with Gasteiger partial charge in [0.1, 0.15) is 0 Å². The predicted octanol–water partition coefficient (Wildman–Crippen LogP) is 4.82. The van der Waals surface area contributed by atoms with Crippen molar-refractivity contribution >= 4 is 48.7 Å². The molecule has 2 aromatic rings. The Morgan fingerprint density at radius 2 is 2.12 bits per heavy atom. The molecule has 2 aliphatic rings. The Labute approximate surface area is 169 Å². The van der Waals surface area contributed by atoms with E-state index < -0.39 is 0 Å². The Morgan fingerprint density at radius 3 is 2.92 bits per heavy atom. The summed E-state index contributed by atoms with van der Waals surface area (Å²) in [4.78, 5) is 16.2. The number of H-pyrrole nitrogens is 1. The molecule has 2 heterocycles. The van der Waals surface area contributed by atoms with Crippen LogP contribution in [0.5, 0.6) is 0 Å². The summed E-state index contributed by atoms with van der Waals surface area (Å²) in [6.07, 6.45) is 7.99. The fourth-order valence-corrected chi connectivity index (χ4v) is 4.71. The van der Waals surface area contributed by atoms with Gasteiger partial charge in [-0.15, -0.1) is 0 Å². The third kappa shape index (κ3) is 3.05. The number of benzene rings is 1. The summed E-state index contributed by atoms with van der Waals surface area (Å²) < 4.78 is 2.04. The largest absolute Gasteiger partial charge is 0.383 e. The first-order valence-corrected chi connectivity index (χ1v) is 10.2. The standard InChI is InChI=1S/C20H19Br2N3O/c1-10-5-13(22)7-15-17(9-24-19(10)15)20(26)25-11(2)16-8-23-18-4-3-12(21)6-14(16)18/h3-11,19,23-24H,1-2H3,(H,25,26). The second-order valence-electron chi connectivity index (χ2n) is 6.84. The molecule has 3 unspecified atom stereocenters. The topological polar surface area (TPSA) is 56.9 Å². The summed E-state index contributed by atoms with van der Waals surface area (Å²) in [5, 5.41) is 7.59. The summed E-state index contributed by atoms with van der Waals surface area (Å²) in [7, 11) is 0. The van der Waals surface area contributed by atoms with Crippen LogP contribution in [0.2, 0.25) is 0 Å². The first-order chi connectivity index (χ1) is 12.4. The number of rotatable bonds is 3. The van der Waals surface area contributed by atoms with Crippen LogP contribution in [-0.4, -0.2) is 16.9 Å². The van der Waals surface area contributed by atoms with Crippen LogP contribution >= 0.6 is 31.9 Å². The van der Waals surface area contributed by atoms with E-state index in [1.54, 1.807) is 0 Å². The van der Waals surface area contributed by atoms with Gasteiger partial charge in [-0.05, 0) is 48.3 Å². The van der Waals surface area contributed by atoms with Crippen molar-refractivity contribution in [2.45, 2.75) is 25.9 Å². The lowest BCUT2D eigenvalue weighted by Crippen LogP contribution is -2.32. The third-order valence-corrected chi connectivity index (χ3v) is 6.02. The van der Waals surface area contributed by atoms with Crippen molar-refractivity contribution in [2.24, 2.45) is 5.92 Å². The van der Waals surface area contributed by atoms with E-state index in [4.69, 9.17) is 0 Å². The highest BCUT2D eigenvalue weighted by atomic mass is 79.9. The monoisotopic (exact) mass is 475 g/mol. The highest BCUT2D eigenvalue weighted by Crippen LogP contribution is 2.34.